The summed E-state index contributed by atoms with van der Waals surface area (Å²) in [4.78, 5) is 15.2. The van der Waals surface area contributed by atoms with Crippen LogP contribution < -0.4 is 0 Å². The molecule has 0 rings (SSSR count). The summed E-state index contributed by atoms with van der Waals surface area (Å²) in [6.07, 6.45) is 12.4. The first-order chi connectivity index (χ1) is 15.2. The maximum absolute atomic E-state index is 12.7. The van der Waals surface area contributed by atoms with Crippen molar-refractivity contribution in [2.24, 2.45) is 17.8 Å². The van der Waals surface area contributed by atoms with Gasteiger partial charge in [0.15, 0.2) is 0 Å². The fourth-order valence-electron chi connectivity index (χ4n) is 3.01. The summed E-state index contributed by atoms with van der Waals surface area (Å²) in [6.45, 7) is 14.2. The van der Waals surface area contributed by atoms with Gasteiger partial charge in [-0.2, -0.15) is 0 Å². The first-order valence-corrected chi connectivity index (χ1v) is 14.2. The quantitative estimate of drug-likeness (QED) is 0.0590. The summed E-state index contributed by atoms with van der Waals surface area (Å²) in [5.74, 6) is 2.08. The highest BCUT2D eigenvalue weighted by Crippen LogP contribution is 2.50. The molecule has 7 nitrogen and oxygen atoms in total. The second-order valence-corrected chi connectivity index (χ2v) is 11.2. The van der Waals surface area contributed by atoms with Gasteiger partial charge in [-0.3, -0.25) is 0 Å². The van der Waals surface area contributed by atoms with Crippen LogP contribution in [0, 0.1) is 17.8 Å². The van der Waals surface area contributed by atoms with Gasteiger partial charge >= 0.3 is 7.82 Å². The lowest BCUT2D eigenvalue weighted by molar-refractivity contribution is -0.325. The van der Waals surface area contributed by atoms with E-state index in [4.69, 9.17) is 28.7 Å². The average Bonchev–Trinajstić information content (AvgIpc) is 2.71. The van der Waals surface area contributed by atoms with Crippen LogP contribution in [0.1, 0.15) is 119 Å². The third-order valence-electron chi connectivity index (χ3n) is 4.96. The van der Waals surface area contributed by atoms with Crippen molar-refractivity contribution in [2.45, 2.75) is 119 Å². The molecule has 0 bridgehead atoms. The Morgan fingerprint density at radius 2 is 0.750 bits per heavy atom. The maximum Gasteiger partial charge on any atom is 0.556 e. The molecular weight excluding hydrogens is 431 g/mol. The zero-order valence-corrected chi connectivity index (χ0v) is 22.5. The van der Waals surface area contributed by atoms with Gasteiger partial charge in [0, 0.05) is 0 Å². The second-order valence-electron chi connectivity index (χ2n) is 9.87. The molecule has 0 saturated carbocycles. The molecule has 0 aliphatic carbocycles. The Morgan fingerprint density at radius 3 is 1.00 bits per heavy atom. The predicted octanol–water partition coefficient (Wildman–Crippen LogP) is 8.59. The third-order valence-corrected chi connectivity index (χ3v) is 5.82. The van der Waals surface area contributed by atoms with Crippen molar-refractivity contribution in [1.82, 2.24) is 0 Å². The number of hydrogen-bond donors (Lipinski definition) is 0. The predicted molar refractivity (Wildman–Crippen MR) is 129 cm³/mol. The molecule has 0 fully saturated rings. The van der Waals surface area contributed by atoms with E-state index in [0.717, 1.165) is 57.8 Å². The van der Waals surface area contributed by atoms with Crippen LogP contribution in [0.2, 0.25) is 0 Å². The highest BCUT2D eigenvalue weighted by atomic mass is 31.2. The Hall–Kier alpha value is -0.0100. The normalized spacial score (nSPS) is 12.5. The van der Waals surface area contributed by atoms with E-state index in [-0.39, 0.29) is 0 Å². The number of unbranched alkanes of at least 4 members (excludes halogenated alkanes) is 6. The van der Waals surface area contributed by atoms with Crippen LogP contribution in [0.15, 0.2) is 0 Å². The Morgan fingerprint density at radius 1 is 0.469 bits per heavy atom. The van der Waals surface area contributed by atoms with Crippen LogP contribution in [-0.4, -0.2) is 19.8 Å². The smallest absolute Gasteiger partial charge is 0.226 e. The van der Waals surface area contributed by atoms with Gasteiger partial charge in [-0.1, -0.05) is 99.3 Å². The van der Waals surface area contributed by atoms with Gasteiger partial charge in [-0.15, -0.1) is 14.0 Å². The minimum Gasteiger partial charge on any atom is -0.226 e. The third kappa shape index (κ3) is 23.2. The minimum atomic E-state index is -4.10. The van der Waals surface area contributed by atoms with E-state index in [1.54, 1.807) is 0 Å². The average molecular weight is 483 g/mol. The fourth-order valence-corrected chi connectivity index (χ4v) is 3.70. The lowest BCUT2D eigenvalue weighted by atomic mass is 10.1. The monoisotopic (exact) mass is 482 g/mol. The van der Waals surface area contributed by atoms with E-state index in [1.165, 1.54) is 19.3 Å². The molecule has 0 amide bonds. The summed E-state index contributed by atoms with van der Waals surface area (Å²) in [7, 11) is -4.10. The van der Waals surface area contributed by atoms with Crippen molar-refractivity contribution in [3.8, 4) is 0 Å². The summed E-state index contributed by atoms with van der Waals surface area (Å²) in [5.41, 5.74) is 0. The van der Waals surface area contributed by atoms with Crippen molar-refractivity contribution in [2.75, 3.05) is 19.8 Å². The van der Waals surface area contributed by atoms with E-state index in [0.29, 0.717) is 37.6 Å². The second kappa shape index (κ2) is 21.5. The van der Waals surface area contributed by atoms with Crippen molar-refractivity contribution < 1.29 is 33.3 Å². The molecular formula is C24H51O7P. The van der Waals surface area contributed by atoms with Crippen LogP contribution in [0.3, 0.4) is 0 Å². The molecule has 0 N–H and O–H groups in total. The molecule has 0 heterocycles. The number of rotatable bonds is 24. The first kappa shape index (κ1) is 32.0. The Labute approximate surface area is 197 Å². The maximum atomic E-state index is 12.7. The Kier molecular flexibility index (Phi) is 21.5. The standard InChI is InChI=1S/C24H51O7P/c1-22(2)16-10-7-13-19-26-29-32(25,30-27-20-14-8-11-17-23(3)4)31-28-21-15-9-12-18-24(5)6/h22-24H,7-21H2,1-6H3. The van der Waals surface area contributed by atoms with Gasteiger partial charge in [0.05, 0.1) is 19.8 Å². The Balaban J connectivity index is 4.14. The zero-order chi connectivity index (χ0) is 24.1. The van der Waals surface area contributed by atoms with E-state index < -0.39 is 7.82 Å². The van der Waals surface area contributed by atoms with E-state index >= 15 is 0 Å². The molecule has 0 radical (unpaired) electrons. The largest absolute Gasteiger partial charge is 0.556 e. The molecule has 8 heteroatoms. The summed E-state index contributed by atoms with van der Waals surface area (Å²) < 4.78 is 27.5. The fraction of sp³-hybridized carbons (Fsp3) is 1.00. The summed E-state index contributed by atoms with van der Waals surface area (Å²) in [6, 6.07) is 0. The Bertz CT molecular complexity index is 382. The molecule has 0 aliphatic rings. The molecule has 0 aliphatic heterocycles. The minimum absolute atomic E-state index is 0.305. The summed E-state index contributed by atoms with van der Waals surface area (Å²) in [5, 5.41) is 0. The highest BCUT2D eigenvalue weighted by Gasteiger charge is 2.32. The molecule has 194 valence electrons. The molecule has 0 spiro atoms. The molecule has 0 unspecified atom stereocenters. The lowest BCUT2D eigenvalue weighted by Gasteiger charge is -2.15. The van der Waals surface area contributed by atoms with E-state index in [9.17, 15) is 4.57 Å². The van der Waals surface area contributed by atoms with Gasteiger partial charge < -0.3 is 0 Å². The molecule has 32 heavy (non-hydrogen) atoms. The van der Waals surface area contributed by atoms with Gasteiger partial charge in [-0.05, 0) is 37.0 Å². The van der Waals surface area contributed by atoms with Crippen molar-refractivity contribution in [1.29, 1.82) is 0 Å². The van der Waals surface area contributed by atoms with E-state index in [2.05, 4.69) is 41.5 Å². The molecule has 0 atom stereocenters. The zero-order valence-electron chi connectivity index (χ0n) is 21.6. The van der Waals surface area contributed by atoms with Gasteiger partial charge in [0.2, 0.25) is 0 Å². The number of phosphoric acid groups is 1. The van der Waals surface area contributed by atoms with Gasteiger partial charge in [0.1, 0.15) is 0 Å². The van der Waals surface area contributed by atoms with Crippen molar-refractivity contribution in [3.63, 3.8) is 0 Å². The van der Waals surface area contributed by atoms with E-state index in [1.807, 2.05) is 0 Å². The van der Waals surface area contributed by atoms with Crippen molar-refractivity contribution >= 4 is 7.82 Å². The summed E-state index contributed by atoms with van der Waals surface area (Å²) >= 11 is 0. The van der Waals surface area contributed by atoms with Gasteiger partial charge in [0.25, 0.3) is 0 Å². The first-order valence-electron chi connectivity index (χ1n) is 12.8. The molecule has 0 aromatic carbocycles. The molecule has 0 saturated heterocycles. The van der Waals surface area contributed by atoms with Gasteiger partial charge in [-0.25, -0.2) is 19.2 Å². The topological polar surface area (TPSA) is 72.5 Å². The van der Waals surface area contributed by atoms with Crippen LogP contribution in [0.5, 0.6) is 0 Å². The van der Waals surface area contributed by atoms with Crippen LogP contribution in [0.4, 0.5) is 0 Å². The lowest BCUT2D eigenvalue weighted by Crippen LogP contribution is -2.06. The van der Waals surface area contributed by atoms with Crippen LogP contribution in [0.25, 0.3) is 0 Å². The van der Waals surface area contributed by atoms with Crippen LogP contribution >= 0.6 is 7.82 Å². The highest BCUT2D eigenvalue weighted by molar-refractivity contribution is 7.48. The number of hydrogen-bond acceptors (Lipinski definition) is 7. The molecule has 0 aromatic rings. The van der Waals surface area contributed by atoms with Crippen molar-refractivity contribution in [3.05, 3.63) is 0 Å². The molecule has 0 aromatic heterocycles. The van der Waals surface area contributed by atoms with Crippen LogP contribution in [-0.2, 0) is 33.3 Å². The SMILES string of the molecule is CC(C)CCCCCOOP(=O)(OOCCCCCC(C)C)OOCCCCCC(C)C.